The lowest BCUT2D eigenvalue weighted by molar-refractivity contribution is -0.0575. The Morgan fingerprint density at radius 1 is 1.13 bits per heavy atom. The van der Waals surface area contributed by atoms with Gasteiger partial charge in [-0.1, -0.05) is 50.2 Å². The van der Waals surface area contributed by atoms with Gasteiger partial charge < -0.3 is 30.1 Å². The summed E-state index contributed by atoms with van der Waals surface area (Å²) in [7, 11) is 3.61. The molecule has 1 aliphatic rings. The molecule has 1 fully saturated rings. The summed E-state index contributed by atoms with van der Waals surface area (Å²) in [5.41, 5.74) is -0.359. The lowest BCUT2D eigenvalue weighted by atomic mass is 9.73. The molecule has 0 saturated carbocycles. The molecule has 2 aromatic rings. The van der Waals surface area contributed by atoms with E-state index in [9.17, 15) is 9.90 Å². The predicted octanol–water partition coefficient (Wildman–Crippen LogP) is 5.54. The van der Waals surface area contributed by atoms with Crippen LogP contribution in [0, 0.1) is 11.8 Å². The van der Waals surface area contributed by atoms with Gasteiger partial charge in [0.2, 0.25) is 0 Å². The highest BCUT2D eigenvalue weighted by molar-refractivity contribution is 5.74. The number of likely N-dealkylation sites (tertiary alicyclic amines) is 1. The van der Waals surface area contributed by atoms with Gasteiger partial charge in [-0.15, -0.1) is 0 Å². The maximum atomic E-state index is 13.3. The van der Waals surface area contributed by atoms with Crippen molar-refractivity contribution in [2.45, 2.75) is 64.0 Å². The second kappa shape index (κ2) is 15.1. The van der Waals surface area contributed by atoms with Crippen molar-refractivity contribution in [1.29, 1.82) is 0 Å². The molecule has 0 aromatic heterocycles. The van der Waals surface area contributed by atoms with Crippen LogP contribution in [0.5, 0.6) is 11.5 Å². The van der Waals surface area contributed by atoms with E-state index in [1.165, 1.54) is 0 Å². The molecule has 2 amide bonds. The molecule has 0 aliphatic carbocycles. The van der Waals surface area contributed by atoms with E-state index in [4.69, 9.17) is 9.47 Å². The number of hydrogen-bond donors (Lipinski definition) is 3. The number of carbonyl (C=O) groups is 1. The number of unbranched alkanes of at least 4 members (excludes halogenated alkanes) is 1. The molecule has 3 rings (SSSR count). The summed E-state index contributed by atoms with van der Waals surface area (Å²) in [6, 6.07) is 17.5. The number of methoxy groups -OCH3 is 1. The Hall–Kier alpha value is -2.61. The van der Waals surface area contributed by atoms with Gasteiger partial charge in [-0.25, -0.2) is 4.79 Å². The number of hydrogen-bond acceptors (Lipinski definition) is 5. The predicted molar refractivity (Wildman–Crippen MR) is 153 cm³/mol. The number of nitrogens with zero attached hydrogens (tertiary/aromatic N) is 1. The van der Waals surface area contributed by atoms with Gasteiger partial charge >= 0.3 is 6.03 Å². The lowest BCUT2D eigenvalue weighted by Gasteiger charge is -2.43. The molecule has 38 heavy (non-hydrogen) atoms. The normalized spacial score (nSPS) is 18.2. The van der Waals surface area contributed by atoms with Crippen LogP contribution < -0.4 is 15.4 Å². The van der Waals surface area contributed by atoms with Crippen molar-refractivity contribution in [2.75, 3.05) is 40.4 Å². The van der Waals surface area contributed by atoms with Gasteiger partial charge in [-0.3, -0.25) is 0 Å². The largest absolute Gasteiger partial charge is 0.457 e. The number of para-hydroxylation sites is 2. The summed E-state index contributed by atoms with van der Waals surface area (Å²) in [5.74, 6) is 1.76. The Balaban J connectivity index is 1.84. The van der Waals surface area contributed by atoms with Gasteiger partial charge in [0, 0.05) is 50.9 Å². The Kier molecular flexibility index (Phi) is 11.9. The summed E-state index contributed by atoms with van der Waals surface area (Å²) >= 11 is 0. The Morgan fingerprint density at radius 3 is 2.58 bits per heavy atom. The molecule has 210 valence electrons. The zero-order chi connectivity index (χ0) is 27.4. The third kappa shape index (κ3) is 8.45. The molecular formula is C31H47N3O4. The van der Waals surface area contributed by atoms with Gasteiger partial charge in [-0.05, 0) is 69.7 Å². The number of urea groups is 1. The van der Waals surface area contributed by atoms with Crippen LogP contribution >= 0.6 is 0 Å². The van der Waals surface area contributed by atoms with Crippen molar-refractivity contribution >= 4 is 6.03 Å². The molecule has 1 aliphatic heterocycles. The number of ether oxygens (including phenoxy) is 2. The van der Waals surface area contributed by atoms with Crippen LogP contribution in [-0.2, 0) is 10.3 Å². The average Bonchev–Trinajstić information content (AvgIpc) is 2.92. The first-order valence-corrected chi connectivity index (χ1v) is 14.1. The molecule has 0 radical (unpaired) electrons. The SMILES string of the molecule is CNCC(CC(C)C)NC(=O)N1CCC[C@@H]([C@@](O)(CCCCOC)c2ccccc2Oc2ccccc2)C1. The summed E-state index contributed by atoms with van der Waals surface area (Å²) in [6.45, 7) is 6.92. The monoisotopic (exact) mass is 525 g/mol. The highest BCUT2D eigenvalue weighted by Gasteiger charge is 2.43. The number of aliphatic hydroxyl groups is 1. The van der Waals surface area contributed by atoms with E-state index in [0.717, 1.165) is 50.0 Å². The number of likely N-dealkylation sites (N-methyl/N-ethyl adjacent to an activating group) is 1. The maximum absolute atomic E-state index is 13.3. The molecule has 0 bridgehead atoms. The van der Waals surface area contributed by atoms with Crippen LogP contribution in [0.4, 0.5) is 4.79 Å². The topological polar surface area (TPSA) is 83.1 Å². The van der Waals surface area contributed by atoms with Crippen molar-refractivity contribution in [2.24, 2.45) is 11.8 Å². The standard InChI is InChI=1S/C31H47N3O4/c1-24(2)21-26(22-32-3)33-30(35)34-19-12-13-25(23-34)31(36,18-10-11-20-37-4)28-16-8-9-17-29(28)38-27-14-6-5-7-15-27/h5-9,14-17,24-26,32,36H,10-13,18-23H2,1-4H3,(H,33,35)/t25-,26?,31+/m1/s1. The summed E-state index contributed by atoms with van der Waals surface area (Å²) in [6.07, 6.45) is 4.85. The smallest absolute Gasteiger partial charge is 0.317 e. The van der Waals surface area contributed by atoms with E-state index in [0.29, 0.717) is 37.8 Å². The number of rotatable bonds is 14. The molecule has 1 heterocycles. The van der Waals surface area contributed by atoms with E-state index in [1.54, 1.807) is 7.11 Å². The third-order valence-corrected chi connectivity index (χ3v) is 7.40. The first-order valence-electron chi connectivity index (χ1n) is 14.1. The highest BCUT2D eigenvalue weighted by Crippen LogP contribution is 2.44. The Morgan fingerprint density at radius 2 is 1.87 bits per heavy atom. The van der Waals surface area contributed by atoms with Crippen LogP contribution in [0.1, 0.15) is 57.9 Å². The highest BCUT2D eigenvalue weighted by atomic mass is 16.5. The number of carbonyl (C=O) groups excluding carboxylic acids is 1. The van der Waals surface area contributed by atoms with Gasteiger partial charge in [-0.2, -0.15) is 0 Å². The van der Waals surface area contributed by atoms with E-state index < -0.39 is 5.60 Å². The molecule has 7 heteroatoms. The van der Waals surface area contributed by atoms with Gasteiger partial charge in [0.1, 0.15) is 11.5 Å². The van der Waals surface area contributed by atoms with Gasteiger partial charge in [0.15, 0.2) is 0 Å². The van der Waals surface area contributed by atoms with Crippen molar-refractivity contribution in [1.82, 2.24) is 15.5 Å². The van der Waals surface area contributed by atoms with Crippen molar-refractivity contribution in [3.05, 3.63) is 60.2 Å². The number of benzene rings is 2. The zero-order valence-corrected chi connectivity index (χ0v) is 23.6. The summed E-state index contributed by atoms with van der Waals surface area (Å²) in [4.78, 5) is 15.2. The third-order valence-electron chi connectivity index (χ3n) is 7.40. The summed E-state index contributed by atoms with van der Waals surface area (Å²) < 4.78 is 11.6. The fourth-order valence-electron chi connectivity index (χ4n) is 5.55. The minimum absolute atomic E-state index is 0.0499. The molecule has 3 N–H and O–H groups in total. The maximum Gasteiger partial charge on any atom is 0.317 e. The van der Waals surface area contributed by atoms with Crippen LogP contribution in [0.2, 0.25) is 0 Å². The molecule has 3 atom stereocenters. The van der Waals surface area contributed by atoms with Crippen molar-refractivity contribution in [3.8, 4) is 11.5 Å². The minimum Gasteiger partial charge on any atom is -0.457 e. The van der Waals surface area contributed by atoms with Crippen LogP contribution in [0.15, 0.2) is 54.6 Å². The molecule has 0 spiro atoms. The van der Waals surface area contributed by atoms with Crippen LogP contribution in [0.25, 0.3) is 0 Å². The quantitative estimate of drug-likeness (QED) is 0.282. The number of nitrogens with one attached hydrogen (secondary N) is 2. The van der Waals surface area contributed by atoms with E-state index >= 15 is 0 Å². The molecule has 1 unspecified atom stereocenters. The Bertz CT molecular complexity index is 971. The molecular weight excluding hydrogens is 478 g/mol. The van der Waals surface area contributed by atoms with E-state index in [-0.39, 0.29) is 18.0 Å². The van der Waals surface area contributed by atoms with Crippen molar-refractivity contribution < 1.29 is 19.4 Å². The lowest BCUT2D eigenvalue weighted by Crippen LogP contribution is -2.54. The van der Waals surface area contributed by atoms with E-state index in [1.807, 2.05) is 66.5 Å². The molecule has 7 nitrogen and oxygen atoms in total. The zero-order valence-electron chi connectivity index (χ0n) is 23.6. The van der Waals surface area contributed by atoms with Gasteiger partial charge in [0.05, 0.1) is 5.60 Å². The molecule has 2 aromatic carbocycles. The first kappa shape index (κ1) is 29.9. The molecule has 1 saturated heterocycles. The fraction of sp³-hybridized carbons (Fsp3) is 0.581. The first-order chi connectivity index (χ1) is 18.4. The van der Waals surface area contributed by atoms with E-state index in [2.05, 4.69) is 24.5 Å². The second-order valence-electron chi connectivity index (χ2n) is 10.9. The van der Waals surface area contributed by atoms with Crippen LogP contribution in [-0.4, -0.2) is 62.5 Å². The number of piperidine rings is 1. The van der Waals surface area contributed by atoms with Crippen molar-refractivity contribution in [3.63, 3.8) is 0 Å². The average molecular weight is 526 g/mol. The Labute approximate surface area is 228 Å². The second-order valence-corrected chi connectivity index (χ2v) is 10.9. The minimum atomic E-state index is -1.14. The number of amides is 2. The summed E-state index contributed by atoms with van der Waals surface area (Å²) in [5, 5.41) is 18.9. The van der Waals surface area contributed by atoms with Crippen LogP contribution in [0.3, 0.4) is 0 Å². The fourth-order valence-corrected chi connectivity index (χ4v) is 5.55. The van der Waals surface area contributed by atoms with Gasteiger partial charge in [0.25, 0.3) is 0 Å².